The quantitative estimate of drug-likeness (QED) is 0.648. The molecular formula is C14H15N3O4. The molecule has 0 spiro atoms. The van der Waals surface area contributed by atoms with E-state index in [0.29, 0.717) is 23.3 Å². The van der Waals surface area contributed by atoms with Gasteiger partial charge in [-0.2, -0.15) is 0 Å². The van der Waals surface area contributed by atoms with Crippen LogP contribution in [0.25, 0.3) is 10.9 Å². The van der Waals surface area contributed by atoms with Gasteiger partial charge >= 0.3 is 5.97 Å². The van der Waals surface area contributed by atoms with Gasteiger partial charge in [-0.1, -0.05) is 6.92 Å². The van der Waals surface area contributed by atoms with Crippen LogP contribution < -0.4 is 4.90 Å². The van der Waals surface area contributed by atoms with E-state index in [9.17, 15) is 14.9 Å². The fourth-order valence-electron chi connectivity index (χ4n) is 2.10. The second-order valence-electron chi connectivity index (χ2n) is 4.62. The van der Waals surface area contributed by atoms with Crippen molar-refractivity contribution in [1.29, 1.82) is 0 Å². The van der Waals surface area contributed by atoms with Crippen LogP contribution in [-0.4, -0.2) is 34.1 Å². The normalized spacial score (nSPS) is 10.5. The summed E-state index contributed by atoms with van der Waals surface area (Å²) in [5, 5.41) is 20.3. The standard InChI is InChI=1S/C14H15N3O4/c1-2-7-16(9-14(18)19)13-6-3-10-8-11(17(20)21)4-5-12(10)15-13/h3-6,8H,2,7,9H2,1H3,(H,18,19). The Hall–Kier alpha value is -2.70. The summed E-state index contributed by atoms with van der Waals surface area (Å²) in [6.07, 6.45) is 0.799. The highest BCUT2D eigenvalue weighted by Crippen LogP contribution is 2.22. The maximum absolute atomic E-state index is 10.9. The number of nitrogens with zero attached hydrogens (tertiary/aromatic N) is 3. The van der Waals surface area contributed by atoms with E-state index in [1.165, 1.54) is 12.1 Å². The molecule has 110 valence electrons. The Labute approximate surface area is 121 Å². The van der Waals surface area contributed by atoms with Gasteiger partial charge in [-0.3, -0.25) is 14.9 Å². The first kappa shape index (κ1) is 14.7. The Morgan fingerprint density at radius 3 is 2.76 bits per heavy atom. The van der Waals surface area contributed by atoms with E-state index < -0.39 is 10.9 Å². The van der Waals surface area contributed by atoms with Crippen LogP contribution in [0.3, 0.4) is 0 Å². The third-order valence-electron chi connectivity index (χ3n) is 3.01. The number of pyridine rings is 1. The third-order valence-corrected chi connectivity index (χ3v) is 3.01. The molecule has 1 aromatic carbocycles. The second-order valence-corrected chi connectivity index (χ2v) is 4.62. The highest BCUT2D eigenvalue weighted by molar-refractivity contribution is 5.83. The predicted octanol–water partition coefficient (Wildman–Crippen LogP) is 2.44. The molecule has 0 saturated heterocycles. The number of carbonyl (C=O) groups is 1. The van der Waals surface area contributed by atoms with Crippen LogP contribution in [0.4, 0.5) is 11.5 Å². The van der Waals surface area contributed by atoms with E-state index >= 15 is 0 Å². The predicted molar refractivity (Wildman–Crippen MR) is 78.5 cm³/mol. The molecule has 0 radical (unpaired) electrons. The number of non-ortho nitro benzene ring substituents is 1. The van der Waals surface area contributed by atoms with Gasteiger partial charge in [-0.25, -0.2) is 4.98 Å². The first-order valence-corrected chi connectivity index (χ1v) is 6.53. The number of nitro groups is 1. The zero-order chi connectivity index (χ0) is 15.4. The summed E-state index contributed by atoms with van der Waals surface area (Å²) in [6.45, 7) is 2.41. The van der Waals surface area contributed by atoms with Crippen molar-refractivity contribution in [3.05, 3.63) is 40.4 Å². The maximum Gasteiger partial charge on any atom is 0.323 e. The van der Waals surface area contributed by atoms with E-state index in [2.05, 4.69) is 4.98 Å². The zero-order valence-corrected chi connectivity index (χ0v) is 11.5. The van der Waals surface area contributed by atoms with Crippen LogP contribution in [-0.2, 0) is 4.79 Å². The van der Waals surface area contributed by atoms with E-state index in [-0.39, 0.29) is 12.2 Å². The average molecular weight is 289 g/mol. The van der Waals surface area contributed by atoms with Gasteiger partial charge in [0.15, 0.2) is 0 Å². The lowest BCUT2D eigenvalue weighted by molar-refractivity contribution is -0.384. The van der Waals surface area contributed by atoms with Gasteiger partial charge in [0.1, 0.15) is 12.4 Å². The fourth-order valence-corrected chi connectivity index (χ4v) is 2.10. The first-order valence-electron chi connectivity index (χ1n) is 6.53. The molecule has 7 nitrogen and oxygen atoms in total. The van der Waals surface area contributed by atoms with E-state index in [0.717, 1.165) is 6.42 Å². The molecule has 0 atom stereocenters. The van der Waals surface area contributed by atoms with Crippen molar-refractivity contribution in [1.82, 2.24) is 4.98 Å². The Kier molecular flexibility index (Phi) is 4.32. The van der Waals surface area contributed by atoms with Crippen LogP contribution in [0.2, 0.25) is 0 Å². The van der Waals surface area contributed by atoms with Crippen LogP contribution in [0, 0.1) is 10.1 Å². The summed E-state index contributed by atoms with van der Waals surface area (Å²) in [5.41, 5.74) is 0.609. The van der Waals surface area contributed by atoms with Gasteiger partial charge in [-0.15, -0.1) is 0 Å². The summed E-state index contributed by atoms with van der Waals surface area (Å²) >= 11 is 0. The number of rotatable bonds is 6. The third kappa shape index (κ3) is 3.44. The minimum atomic E-state index is -0.922. The average Bonchev–Trinajstić information content (AvgIpc) is 2.45. The second kappa shape index (κ2) is 6.17. The summed E-state index contributed by atoms with van der Waals surface area (Å²) < 4.78 is 0. The van der Waals surface area contributed by atoms with Gasteiger partial charge in [-0.05, 0) is 24.6 Å². The lowest BCUT2D eigenvalue weighted by Gasteiger charge is -2.21. The Bertz CT molecular complexity index is 687. The molecule has 0 amide bonds. The van der Waals surface area contributed by atoms with Gasteiger partial charge in [0, 0.05) is 24.1 Å². The minimum absolute atomic E-state index is 0.00741. The smallest absolute Gasteiger partial charge is 0.323 e. The van der Waals surface area contributed by atoms with E-state index in [4.69, 9.17) is 5.11 Å². The molecule has 7 heteroatoms. The number of hydrogen-bond donors (Lipinski definition) is 1. The SMILES string of the molecule is CCCN(CC(=O)O)c1ccc2cc([N+](=O)[O-])ccc2n1. The Morgan fingerprint density at radius 2 is 2.14 bits per heavy atom. The minimum Gasteiger partial charge on any atom is -0.480 e. The highest BCUT2D eigenvalue weighted by atomic mass is 16.6. The van der Waals surface area contributed by atoms with Gasteiger partial charge < -0.3 is 10.0 Å². The van der Waals surface area contributed by atoms with Crippen molar-refractivity contribution >= 4 is 28.4 Å². The monoisotopic (exact) mass is 289 g/mol. The van der Waals surface area contributed by atoms with Crippen molar-refractivity contribution in [3.8, 4) is 0 Å². The molecule has 0 fully saturated rings. The number of fused-ring (bicyclic) bond motifs is 1. The van der Waals surface area contributed by atoms with Crippen LogP contribution >= 0.6 is 0 Å². The van der Waals surface area contributed by atoms with Crippen LogP contribution in [0.5, 0.6) is 0 Å². The zero-order valence-electron chi connectivity index (χ0n) is 11.5. The maximum atomic E-state index is 10.9. The fraction of sp³-hybridized carbons (Fsp3) is 0.286. The van der Waals surface area contributed by atoms with Crippen molar-refractivity contribution < 1.29 is 14.8 Å². The highest BCUT2D eigenvalue weighted by Gasteiger charge is 2.13. The first-order chi connectivity index (χ1) is 10.0. The number of aliphatic carboxylic acids is 1. The number of aromatic nitrogens is 1. The lowest BCUT2D eigenvalue weighted by atomic mass is 10.2. The van der Waals surface area contributed by atoms with Crippen LogP contribution in [0.15, 0.2) is 30.3 Å². The molecular weight excluding hydrogens is 274 g/mol. The lowest BCUT2D eigenvalue weighted by Crippen LogP contribution is -2.31. The topological polar surface area (TPSA) is 96.6 Å². The molecule has 0 aliphatic carbocycles. The molecule has 0 bridgehead atoms. The molecule has 0 unspecified atom stereocenters. The molecule has 1 heterocycles. The molecule has 1 aromatic heterocycles. The van der Waals surface area contributed by atoms with Crippen molar-refractivity contribution in [3.63, 3.8) is 0 Å². The number of nitro benzene ring substituents is 1. The Morgan fingerprint density at radius 1 is 1.38 bits per heavy atom. The van der Waals surface area contributed by atoms with Gasteiger partial charge in [0.2, 0.25) is 0 Å². The molecule has 0 aliphatic heterocycles. The molecule has 2 aromatic rings. The summed E-state index contributed by atoms with van der Waals surface area (Å²) in [4.78, 5) is 27.2. The number of carboxylic acid groups (broad SMARTS) is 1. The molecule has 2 rings (SSSR count). The van der Waals surface area contributed by atoms with Crippen LogP contribution in [0.1, 0.15) is 13.3 Å². The molecule has 1 N–H and O–H groups in total. The van der Waals surface area contributed by atoms with Crippen molar-refractivity contribution in [2.24, 2.45) is 0 Å². The number of anilines is 1. The Balaban J connectivity index is 2.39. The summed E-state index contributed by atoms with van der Waals surface area (Å²) in [7, 11) is 0. The molecule has 0 aliphatic rings. The summed E-state index contributed by atoms with van der Waals surface area (Å²) in [5.74, 6) is -0.366. The van der Waals surface area contributed by atoms with Crippen molar-refractivity contribution in [2.75, 3.05) is 18.0 Å². The van der Waals surface area contributed by atoms with Crippen molar-refractivity contribution in [2.45, 2.75) is 13.3 Å². The van der Waals surface area contributed by atoms with E-state index in [1.54, 1.807) is 23.1 Å². The number of benzene rings is 1. The molecule has 21 heavy (non-hydrogen) atoms. The van der Waals surface area contributed by atoms with E-state index in [1.807, 2.05) is 6.92 Å². The number of hydrogen-bond acceptors (Lipinski definition) is 5. The molecule has 0 saturated carbocycles. The largest absolute Gasteiger partial charge is 0.480 e. The summed E-state index contributed by atoms with van der Waals surface area (Å²) in [6, 6.07) is 7.82. The van der Waals surface area contributed by atoms with Gasteiger partial charge in [0.25, 0.3) is 5.69 Å². The van der Waals surface area contributed by atoms with Gasteiger partial charge in [0.05, 0.1) is 10.4 Å². The number of carboxylic acids is 1.